The van der Waals surface area contributed by atoms with Crippen LogP contribution in [-0.2, 0) is 6.54 Å². The van der Waals surface area contributed by atoms with Gasteiger partial charge in [0, 0.05) is 25.7 Å². The third kappa shape index (κ3) is 3.34. The van der Waals surface area contributed by atoms with Crippen LogP contribution >= 0.6 is 0 Å². The number of hydrogen-bond donors (Lipinski definition) is 2. The predicted molar refractivity (Wildman–Crippen MR) is 96.4 cm³/mol. The van der Waals surface area contributed by atoms with Crippen molar-refractivity contribution in [3.05, 3.63) is 34.1 Å². The number of halogens is 2. The Morgan fingerprint density at radius 3 is 2.74 bits per heavy atom. The van der Waals surface area contributed by atoms with Gasteiger partial charge in [-0.15, -0.1) is 0 Å². The molecule has 3 rings (SSSR count). The standard InChI is InChI=1S/C18H21F2N3O4/c1-3-22-8-13(27-18(25)26)17(24)11-6-12(19)16(14(20)15(11)22)23-5-4-10(7-23)9(2)21/h6,8-10H,3-5,7,21H2,1-2H3,(H,25,26). The molecule has 1 aliphatic rings. The van der Waals surface area contributed by atoms with E-state index in [-0.39, 0.29) is 35.1 Å². The van der Waals surface area contributed by atoms with Crippen molar-refractivity contribution in [3.63, 3.8) is 0 Å². The van der Waals surface area contributed by atoms with Crippen molar-refractivity contribution in [2.24, 2.45) is 11.7 Å². The lowest BCUT2D eigenvalue weighted by Gasteiger charge is -2.23. The molecular formula is C18H21F2N3O4. The lowest BCUT2D eigenvalue weighted by molar-refractivity contribution is 0.144. The Balaban J connectivity index is 2.19. The molecule has 7 nitrogen and oxygen atoms in total. The number of aromatic nitrogens is 1. The fourth-order valence-corrected chi connectivity index (χ4v) is 3.58. The number of benzene rings is 1. The second-order valence-electron chi connectivity index (χ2n) is 6.75. The normalized spacial score (nSPS) is 18.1. The van der Waals surface area contributed by atoms with Crippen LogP contribution in [0.2, 0.25) is 0 Å². The summed E-state index contributed by atoms with van der Waals surface area (Å²) in [5.41, 5.74) is 4.75. The molecule has 2 unspecified atom stereocenters. The molecule has 1 aromatic heterocycles. The van der Waals surface area contributed by atoms with Gasteiger partial charge in [-0.2, -0.15) is 0 Å². The molecule has 0 radical (unpaired) electrons. The van der Waals surface area contributed by atoms with Crippen molar-refractivity contribution in [1.29, 1.82) is 0 Å². The van der Waals surface area contributed by atoms with Gasteiger partial charge in [0.2, 0.25) is 5.43 Å². The van der Waals surface area contributed by atoms with Gasteiger partial charge in [0.15, 0.2) is 11.6 Å². The van der Waals surface area contributed by atoms with Gasteiger partial charge in [0.1, 0.15) is 11.5 Å². The lowest BCUT2D eigenvalue weighted by atomic mass is 10.0. The van der Waals surface area contributed by atoms with E-state index in [9.17, 15) is 14.0 Å². The Kier molecular flexibility index (Phi) is 5.05. The van der Waals surface area contributed by atoms with Crippen LogP contribution in [0.25, 0.3) is 10.9 Å². The summed E-state index contributed by atoms with van der Waals surface area (Å²) in [6, 6.07) is 0.849. The molecule has 3 N–H and O–H groups in total. The van der Waals surface area contributed by atoms with Gasteiger partial charge in [-0.1, -0.05) is 0 Å². The van der Waals surface area contributed by atoms with E-state index in [1.807, 2.05) is 6.92 Å². The molecule has 1 aromatic carbocycles. The number of hydrogen-bond acceptors (Lipinski definition) is 5. The maximum Gasteiger partial charge on any atom is 0.511 e. The molecule has 9 heteroatoms. The largest absolute Gasteiger partial charge is 0.511 e. The van der Waals surface area contributed by atoms with Gasteiger partial charge in [-0.05, 0) is 32.3 Å². The average Bonchev–Trinajstić information content (AvgIpc) is 3.07. The summed E-state index contributed by atoms with van der Waals surface area (Å²) in [7, 11) is 0. The molecule has 1 aliphatic heterocycles. The van der Waals surface area contributed by atoms with E-state index in [4.69, 9.17) is 10.8 Å². The van der Waals surface area contributed by atoms with Gasteiger partial charge in [-0.3, -0.25) is 4.79 Å². The Labute approximate surface area is 153 Å². The highest BCUT2D eigenvalue weighted by Gasteiger charge is 2.31. The van der Waals surface area contributed by atoms with Crippen molar-refractivity contribution in [1.82, 2.24) is 4.57 Å². The van der Waals surface area contributed by atoms with Crippen LogP contribution in [0.4, 0.5) is 19.3 Å². The van der Waals surface area contributed by atoms with Crippen LogP contribution in [0, 0.1) is 17.6 Å². The molecule has 2 atom stereocenters. The van der Waals surface area contributed by atoms with Crippen LogP contribution in [0.15, 0.2) is 17.1 Å². The Morgan fingerprint density at radius 2 is 2.19 bits per heavy atom. The summed E-state index contributed by atoms with van der Waals surface area (Å²) >= 11 is 0. The third-order valence-electron chi connectivity index (χ3n) is 5.02. The minimum Gasteiger partial charge on any atom is -0.449 e. The summed E-state index contributed by atoms with van der Waals surface area (Å²) < 4.78 is 35.9. The first-order chi connectivity index (χ1) is 12.7. The van der Waals surface area contributed by atoms with Crippen LogP contribution in [0.5, 0.6) is 5.75 Å². The molecule has 1 saturated heterocycles. The summed E-state index contributed by atoms with van der Waals surface area (Å²) in [4.78, 5) is 24.8. The van der Waals surface area contributed by atoms with Crippen LogP contribution in [-0.4, -0.2) is 35.0 Å². The van der Waals surface area contributed by atoms with Crippen LogP contribution in [0.3, 0.4) is 0 Å². The number of anilines is 1. The molecule has 0 amide bonds. The van der Waals surface area contributed by atoms with Gasteiger partial charge < -0.3 is 25.0 Å². The zero-order chi connectivity index (χ0) is 19.9. The van der Waals surface area contributed by atoms with E-state index in [0.29, 0.717) is 13.1 Å². The van der Waals surface area contributed by atoms with Gasteiger partial charge >= 0.3 is 6.16 Å². The molecule has 0 spiro atoms. The molecule has 146 valence electrons. The van der Waals surface area contributed by atoms with E-state index >= 15 is 4.39 Å². The first kappa shape index (κ1) is 19.1. The fourth-order valence-electron chi connectivity index (χ4n) is 3.58. The first-order valence-corrected chi connectivity index (χ1v) is 8.71. The molecular weight excluding hydrogens is 360 g/mol. The van der Waals surface area contributed by atoms with Crippen LogP contribution in [0.1, 0.15) is 20.3 Å². The van der Waals surface area contributed by atoms with Crippen molar-refractivity contribution < 1.29 is 23.4 Å². The number of pyridine rings is 1. The van der Waals surface area contributed by atoms with E-state index in [1.54, 1.807) is 11.8 Å². The highest BCUT2D eigenvalue weighted by Crippen LogP contribution is 2.34. The predicted octanol–water partition coefficient (Wildman–Crippen LogP) is 2.53. The van der Waals surface area contributed by atoms with E-state index < -0.39 is 29.0 Å². The monoisotopic (exact) mass is 381 g/mol. The first-order valence-electron chi connectivity index (χ1n) is 8.71. The summed E-state index contributed by atoms with van der Waals surface area (Å²) in [5.74, 6) is -2.10. The van der Waals surface area contributed by atoms with Crippen molar-refractivity contribution >= 4 is 22.7 Å². The molecule has 0 bridgehead atoms. The highest BCUT2D eigenvalue weighted by molar-refractivity contribution is 5.85. The summed E-state index contributed by atoms with van der Waals surface area (Å²) in [6.45, 7) is 4.67. The van der Waals surface area contributed by atoms with Gasteiger partial charge in [0.25, 0.3) is 0 Å². The summed E-state index contributed by atoms with van der Waals surface area (Å²) in [6.07, 6.45) is 0.171. The quantitative estimate of drug-likeness (QED) is 0.790. The number of rotatable bonds is 4. The minimum absolute atomic E-state index is 0.0825. The maximum atomic E-state index is 15.3. The molecule has 27 heavy (non-hydrogen) atoms. The van der Waals surface area contributed by atoms with Gasteiger partial charge in [0.05, 0.1) is 17.1 Å². The van der Waals surface area contributed by atoms with Crippen molar-refractivity contribution in [3.8, 4) is 5.75 Å². The number of carboxylic acid groups (broad SMARTS) is 1. The highest BCUT2D eigenvalue weighted by atomic mass is 19.1. The number of fused-ring (bicyclic) bond motifs is 1. The lowest BCUT2D eigenvalue weighted by Crippen LogP contribution is -2.30. The average molecular weight is 381 g/mol. The fraction of sp³-hybridized carbons (Fsp3) is 0.444. The number of carbonyl (C=O) groups is 1. The van der Waals surface area contributed by atoms with E-state index in [0.717, 1.165) is 18.7 Å². The molecule has 2 aromatic rings. The third-order valence-corrected chi connectivity index (χ3v) is 5.02. The topological polar surface area (TPSA) is 97.8 Å². The zero-order valence-electron chi connectivity index (χ0n) is 15.0. The van der Waals surface area contributed by atoms with E-state index in [1.165, 1.54) is 4.57 Å². The Morgan fingerprint density at radius 1 is 1.48 bits per heavy atom. The smallest absolute Gasteiger partial charge is 0.449 e. The molecule has 1 fully saturated rings. The molecule has 0 saturated carbocycles. The molecule has 0 aliphatic carbocycles. The number of nitrogens with zero attached hydrogens (tertiary/aromatic N) is 2. The van der Waals surface area contributed by atoms with Crippen molar-refractivity contribution in [2.75, 3.05) is 18.0 Å². The SMILES string of the molecule is CCn1cc(OC(=O)O)c(=O)c2cc(F)c(N3CCC(C(C)N)C3)c(F)c21. The summed E-state index contributed by atoms with van der Waals surface area (Å²) in [5, 5.41) is 8.49. The Bertz CT molecular complexity index is 958. The number of ether oxygens (including phenoxy) is 1. The van der Waals surface area contributed by atoms with Crippen LogP contribution < -0.4 is 20.8 Å². The maximum absolute atomic E-state index is 15.3. The minimum atomic E-state index is -1.68. The van der Waals surface area contributed by atoms with Gasteiger partial charge in [-0.25, -0.2) is 13.6 Å². The molecule has 2 heterocycles. The number of aryl methyl sites for hydroxylation is 1. The second-order valence-corrected chi connectivity index (χ2v) is 6.75. The second kappa shape index (κ2) is 7.15. The Hall–Kier alpha value is -2.68. The zero-order valence-corrected chi connectivity index (χ0v) is 15.0. The number of nitrogens with two attached hydrogens (primary N) is 1. The van der Waals surface area contributed by atoms with E-state index in [2.05, 4.69) is 4.74 Å². The van der Waals surface area contributed by atoms with Crippen molar-refractivity contribution in [2.45, 2.75) is 32.9 Å².